The Morgan fingerprint density at radius 1 is 1.36 bits per heavy atom. The van der Waals surface area contributed by atoms with Gasteiger partial charge in [-0.1, -0.05) is 0 Å². The number of hydrogen-bond acceptors (Lipinski definition) is 6. The Balaban J connectivity index is 1.79. The molecular weight excluding hydrogens is 300 g/mol. The van der Waals surface area contributed by atoms with Crippen LogP contribution >= 0.6 is 11.3 Å². The van der Waals surface area contributed by atoms with E-state index in [2.05, 4.69) is 9.88 Å². The van der Waals surface area contributed by atoms with E-state index in [1.807, 2.05) is 24.0 Å². The summed E-state index contributed by atoms with van der Waals surface area (Å²) in [5, 5.41) is 9.83. The standard InChI is InChI=1S/C15H20N4O2S/c1-10-2-3-11-12(16)13(22-14(11)17-10)15(21)19-6-4-18(5-7-19)8-9-20/h2-3,20H,4-9,16H2,1H3. The quantitative estimate of drug-likeness (QED) is 0.879. The van der Waals surface area contributed by atoms with Crippen molar-refractivity contribution in [3.63, 3.8) is 0 Å². The number of pyridine rings is 1. The molecule has 0 unspecified atom stereocenters. The van der Waals surface area contributed by atoms with Crippen molar-refractivity contribution < 1.29 is 9.90 Å². The third kappa shape index (κ3) is 2.79. The number of nitrogens with two attached hydrogens (primary N) is 1. The highest BCUT2D eigenvalue weighted by Crippen LogP contribution is 2.33. The number of piperazine rings is 1. The van der Waals surface area contributed by atoms with Gasteiger partial charge in [0, 0.05) is 43.8 Å². The van der Waals surface area contributed by atoms with Crippen molar-refractivity contribution in [2.24, 2.45) is 0 Å². The third-order valence-electron chi connectivity index (χ3n) is 4.00. The number of aryl methyl sites for hydroxylation is 1. The first-order valence-electron chi connectivity index (χ1n) is 7.38. The molecule has 1 fully saturated rings. The van der Waals surface area contributed by atoms with Gasteiger partial charge in [0.15, 0.2) is 0 Å². The van der Waals surface area contributed by atoms with Gasteiger partial charge in [-0.3, -0.25) is 9.69 Å². The van der Waals surface area contributed by atoms with Crippen LogP contribution in [0.1, 0.15) is 15.4 Å². The second-order valence-corrected chi connectivity index (χ2v) is 6.51. The Morgan fingerprint density at radius 2 is 2.09 bits per heavy atom. The number of nitrogens with zero attached hydrogens (tertiary/aromatic N) is 3. The van der Waals surface area contributed by atoms with Crippen molar-refractivity contribution in [2.45, 2.75) is 6.92 Å². The molecule has 3 rings (SSSR count). The fourth-order valence-electron chi connectivity index (χ4n) is 2.71. The van der Waals surface area contributed by atoms with Crippen molar-refractivity contribution in [1.82, 2.24) is 14.8 Å². The van der Waals surface area contributed by atoms with Crippen LogP contribution in [0.2, 0.25) is 0 Å². The van der Waals surface area contributed by atoms with Crippen LogP contribution in [0.4, 0.5) is 5.69 Å². The van der Waals surface area contributed by atoms with Gasteiger partial charge in [-0.2, -0.15) is 0 Å². The maximum Gasteiger partial charge on any atom is 0.266 e. The molecule has 1 saturated heterocycles. The number of anilines is 1. The number of carbonyl (C=O) groups is 1. The number of aromatic nitrogens is 1. The second-order valence-electron chi connectivity index (χ2n) is 5.51. The number of amides is 1. The van der Waals surface area contributed by atoms with E-state index >= 15 is 0 Å². The first kappa shape index (κ1) is 15.2. The summed E-state index contributed by atoms with van der Waals surface area (Å²) in [6.45, 7) is 5.65. The molecule has 2 aromatic heterocycles. The van der Waals surface area contributed by atoms with Crippen LogP contribution in [0.5, 0.6) is 0 Å². The lowest BCUT2D eigenvalue weighted by Gasteiger charge is -2.34. The molecule has 6 nitrogen and oxygen atoms in total. The van der Waals surface area contributed by atoms with E-state index in [0.717, 1.165) is 29.0 Å². The zero-order valence-corrected chi connectivity index (χ0v) is 13.4. The van der Waals surface area contributed by atoms with Crippen molar-refractivity contribution >= 4 is 33.1 Å². The highest BCUT2D eigenvalue weighted by Gasteiger charge is 2.25. The Hall–Kier alpha value is -1.70. The van der Waals surface area contributed by atoms with Gasteiger partial charge >= 0.3 is 0 Å². The van der Waals surface area contributed by atoms with E-state index in [9.17, 15) is 4.79 Å². The number of β-amino-alcohol motifs (C(OH)–C–C–N with tert-alkyl or cyclic N) is 1. The van der Waals surface area contributed by atoms with Gasteiger partial charge in [-0.15, -0.1) is 11.3 Å². The lowest BCUT2D eigenvalue weighted by Crippen LogP contribution is -2.49. The Labute approximate surface area is 133 Å². The summed E-state index contributed by atoms with van der Waals surface area (Å²) in [5.74, 6) is -0.0122. The SMILES string of the molecule is Cc1ccc2c(N)c(C(=O)N3CCN(CCO)CC3)sc2n1. The molecule has 22 heavy (non-hydrogen) atoms. The molecule has 3 N–H and O–H groups in total. The number of thiophene rings is 1. The molecule has 0 radical (unpaired) electrons. The van der Waals surface area contributed by atoms with E-state index in [1.165, 1.54) is 11.3 Å². The molecule has 1 amide bonds. The fraction of sp³-hybridized carbons (Fsp3) is 0.467. The number of nitrogen functional groups attached to an aromatic ring is 1. The molecule has 7 heteroatoms. The molecule has 118 valence electrons. The van der Waals surface area contributed by atoms with Crippen molar-refractivity contribution in [3.05, 3.63) is 22.7 Å². The van der Waals surface area contributed by atoms with E-state index < -0.39 is 0 Å². The third-order valence-corrected chi connectivity index (χ3v) is 5.11. The van der Waals surface area contributed by atoms with Gasteiger partial charge in [0.2, 0.25) is 0 Å². The number of carbonyl (C=O) groups excluding carboxylic acids is 1. The Bertz CT molecular complexity index is 692. The number of aliphatic hydroxyl groups excluding tert-OH is 1. The van der Waals surface area contributed by atoms with Crippen molar-refractivity contribution in [3.8, 4) is 0 Å². The molecule has 0 aromatic carbocycles. The van der Waals surface area contributed by atoms with Crippen molar-refractivity contribution in [2.75, 3.05) is 45.1 Å². The molecule has 0 saturated carbocycles. The van der Waals surface area contributed by atoms with Gasteiger partial charge in [0.05, 0.1) is 12.3 Å². The molecule has 0 atom stereocenters. The maximum atomic E-state index is 12.7. The Kier molecular flexibility index (Phi) is 4.28. The summed E-state index contributed by atoms with van der Waals surface area (Å²) in [6, 6.07) is 3.84. The predicted molar refractivity (Wildman–Crippen MR) is 88.2 cm³/mol. The number of hydrogen-bond donors (Lipinski definition) is 2. The van der Waals surface area contributed by atoms with E-state index in [-0.39, 0.29) is 12.5 Å². The average molecular weight is 320 g/mol. The first-order valence-corrected chi connectivity index (χ1v) is 8.20. The van der Waals surface area contributed by atoms with E-state index in [1.54, 1.807) is 0 Å². The topological polar surface area (TPSA) is 82.7 Å². The van der Waals surface area contributed by atoms with Crippen LogP contribution < -0.4 is 5.73 Å². The van der Waals surface area contributed by atoms with Crippen LogP contribution in [0, 0.1) is 6.92 Å². The normalized spacial score (nSPS) is 16.4. The largest absolute Gasteiger partial charge is 0.397 e. The summed E-state index contributed by atoms with van der Waals surface area (Å²) in [7, 11) is 0. The van der Waals surface area contributed by atoms with Crippen LogP contribution in [0.15, 0.2) is 12.1 Å². The van der Waals surface area contributed by atoms with Crippen LogP contribution in [-0.4, -0.2) is 65.1 Å². The maximum absolute atomic E-state index is 12.7. The zero-order valence-electron chi connectivity index (χ0n) is 12.6. The number of rotatable bonds is 3. The molecule has 1 aliphatic heterocycles. The highest BCUT2D eigenvalue weighted by molar-refractivity contribution is 7.21. The molecule has 1 aliphatic rings. The molecule has 0 aliphatic carbocycles. The second kappa shape index (κ2) is 6.20. The van der Waals surface area contributed by atoms with Crippen molar-refractivity contribution in [1.29, 1.82) is 0 Å². The van der Waals surface area contributed by atoms with E-state index in [4.69, 9.17) is 10.8 Å². The van der Waals surface area contributed by atoms with Crippen LogP contribution in [0.25, 0.3) is 10.2 Å². The van der Waals surface area contributed by atoms with Gasteiger partial charge in [-0.05, 0) is 19.1 Å². The van der Waals surface area contributed by atoms with Gasteiger partial charge in [0.1, 0.15) is 9.71 Å². The summed E-state index contributed by atoms with van der Waals surface area (Å²) in [5.41, 5.74) is 7.61. The molecule has 0 bridgehead atoms. The zero-order chi connectivity index (χ0) is 15.7. The Morgan fingerprint density at radius 3 is 2.77 bits per heavy atom. The summed E-state index contributed by atoms with van der Waals surface area (Å²) >= 11 is 1.37. The monoisotopic (exact) mass is 320 g/mol. The van der Waals surface area contributed by atoms with Gasteiger partial charge in [0.25, 0.3) is 5.91 Å². The summed E-state index contributed by atoms with van der Waals surface area (Å²) in [4.78, 5) is 22.6. The minimum atomic E-state index is -0.0122. The van der Waals surface area contributed by atoms with Crippen LogP contribution in [-0.2, 0) is 0 Å². The first-order chi connectivity index (χ1) is 10.6. The van der Waals surface area contributed by atoms with E-state index in [0.29, 0.717) is 30.2 Å². The molecule has 2 aromatic rings. The smallest absolute Gasteiger partial charge is 0.266 e. The minimum Gasteiger partial charge on any atom is -0.397 e. The summed E-state index contributed by atoms with van der Waals surface area (Å²) in [6.07, 6.45) is 0. The van der Waals surface area contributed by atoms with Gasteiger partial charge < -0.3 is 15.7 Å². The molecule has 3 heterocycles. The number of fused-ring (bicyclic) bond motifs is 1. The number of aliphatic hydroxyl groups is 1. The van der Waals surface area contributed by atoms with Crippen LogP contribution in [0.3, 0.4) is 0 Å². The molecular formula is C15H20N4O2S. The average Bonchev–Trinajstić information content (AvgIpc) is 2.84. The highest BCUT2D eigenvalue weighted by atomic mass is 32.1. The minimum absolute atomic E-state index is 0.0122. The molecule has 0 spiro atoms. The predicted octanol–water partition coefficient (Wildman–Crippen LogP) is 0.937. The van der Waals surface area contributed by atoms with Gasteiger partial charge in [-0.25, -0.2) is 4.98 Å². The summed E-state index contributed by atoms with van der Waals surface area (Å²) < 4.78 is 0. The fourth-order valence-corrected chi connectivity index (χ4v) is 3.82. The lowest BCUT2D eigenvalue weighted by molar-refractivity contribution is 0.0620. The lowest BCUT2D eigenvalue weighted by atomic mass is 10.2.